The minimum atomic E-state index is -3.36. The van der Waals surface area contributed by atoms with Crippen LogP contribution < -0.4 is 0 Å². The second-order valence-corrected chi connectivity index (χ2v) is 14.9. The van der Waals surface area contributed by atoms with Crippen LogP contribution in [0.25, 0.3) is 0 Å². The van der Waals surface area contributed by atoms with E-state index in [1.807, 2.05) is 30.3 Å². The number of hydroxylamine groups is 2. The Hall–Kier alpha value is -1.22. The first-order valence-corrected chi connectivity index (χ1v) is 13.3. The van der Waals surface area contributed by atoms with Crippen LogP contribution in [-0.4, -0.2) is 57.2 Å². The van der Waals surface area contributed by atoms with Gasteiger partial charge in [-0.2, -0.15) is 4.31 Å². The summed E-state index contributed by atoms with van der Waals surface area (Å²) in [6.07, 6.45) is 0. The number of amides is 1. The quantitative estimate of drug-likeness (QED) is 0.398. The third kappa shape index (κ3) is 5.14. The van der Waals surface area contributed by atoms with E-state index in [0.717, 1.165) is 5.56 Å². The Balaban J connectivity index is 1.96. The predicted octanol–water partition coefficient (Wildman–Crippen LogP) is 1.93. The lowest BCUT2D eigenvalue weighted by Crippen LogP contribution is -2.36. The highest BCUT2D eigenvalue weighted by atomic mass is 32.2. The normalized spacial score (nSPS) is 20.7. The Morgan fingerprint density at radius 3 is 2.46 bits per heavy atom. The summed E-state index contributed by atoms with van der Waals surface area (Å²) in [6, 6.07) is 9.54. The van der Waals surface area contributed by atoms with Gasteiger partial charge >= 0.3 is 0 Å². The van der Waals surface area contributed by atoms with Crippen LogP contribution in [0.1, 0.15) is 5.56 Å². The summed E-state index contributed by atoms with van der Waals surface area (Å²) >= 11 is 0. The van der Waals surface area contributed by atoms with Crippen molar-refractivity contribution in [2.75, 3.05) is 19.4 Å². The van der Waals surface area contributed by atoms with Gasteiger partial charge in [-0.15, -0.1) is 0 Å². The maximum atomic E-state index is 12.5. The second-order valence-electron chi connectivity index (χ2n) is 7.26. The number of rotatable bonds is 8. The van der Waals surface area contributed by atoms with Crippen molar-refractivity contribution in [1.29, 1.82) is 0 Å². The summed E-state index contributed by atoms with van der Waals surface area (Å²) in [5, 5.41) is 1.23. The lowest BCUT2D eigenvalue weighted by Gasteiger charge is -2.20. The van der Waals surface area contributed by atoms with E-state index in [1.165, 1.54) is 16.5 Å². The molecular weight excluding hydrogens is 344 g/mol. The van der Waals surface area contributed by atoms with E-state index in [2.05, 4.69) is 19.6 Å². The van der Waals surface area contributed by atoms with Crippen LogP contribution in [0, 0.1) is 0 Å². The Kier molecular flexibility index (Phi) is 5.85. The predicted molar refractivity (Wildman–Crippen MR) is 96.4 cm³/mol. The number of sulfonamides is 1. The Labute approximate surface area is 145 Å². The van der Waals surface area contributed by atoms with E-state index >= 15 is 0 Å². The number of hydrogen-bond donors (Lipinski definition) is 0. The van der Waals surface area contributed by atoms with Crippen molar-refractivity contribution in [3.05, 3.63) is 35.9 Å². The van der Waals surface area contributed by atoms with Crippen molar-refractivity contribution >= 4 is 24.0 Å². The van der Waals surface area contributed by atoms with Crippen LogP contribution in [0.2, 0.25) is 25.7 Å². The van der Waals surface area contributed by atoms with Crippen LogP contribution in [-0.2, 0) is 26.2 Å². The van der Waals surface area contributed by atoms with Gasteiger partial charge in [0.25, 0.3) is 5.91 Å². The molecular formula is C16H26N2O4SSi. The molecule has 2 rings (SSSR count). The van der Waals surface area contributed by atoms with E-state index < -0.39 is 24.1 Å². The average Bonchev–Trinajstić information content (AvgIpc) is 3.32. The Bertz CT molecular complexity index is 673. The molecule has 134 valence electrons. The molecule has 2 atom stereocenters. The van der Waals surface area contributed by atoms with E-state index in [1.54, 1.807) is 0 Å². The van der Waals surface area contributed by atoms with Crippen molar-refractivity contribution in [3.63, 3.8) is 0 Å². The molecule has 6 nitrogen and oxygen atoms in total. The molecule has 1 aliphatic rings. The fourth-order valence-electron chi connectivity index (χ4n) is 2.33. The van der Waals surface area contributed by atoms with Crippen molar-refractivity contribution < 1.29 is 18.0 Å². The van der Waals surface area contributed by atoms with E-state index in [4.69, 9.17) is 4.84 Å². The van der Waals surface area contributed by atoms with Gasteiger partial charge in [-0.3, -0.25) is 9.63 Å². The largest absolute Gasteiger partial charge is 0.274 e. The number of hydrogen-bond acceptors (Lipinski definition) is 4. The minimum Gasteiger partial charge on any atom is -0.274 e. The van der Waals surface area contributed by atoms with E-state index in [-0.39, 0.29) is 18.2 Å². The third-order valence-corrected chi connectivity index (χ3v) is 7.91. The standard InChI is InChI=1S/C16H26N2O4SSi/c1-22-17(12-14-8-6-5-7-9-14)16(19)15-13-18(15)23(20,21)10-11-24(2,3)4/h5-9,15H,10-13H2,1-4H3. The molecule has 0 N–H and O–H groups in total. The number of carbonyl (C=O) groups excluding carboxylic acids is 1. The molecule has 1 fully saturated rings. The highest BCUT2D eigenvalue weighted by Gasteiger charge is 2.50. The molecule has 1 aromatic rings. The summed E-state index contributed by atoms with van der Waals surface area (Å²) in [5.74, 6) is -0.184. The van der Waals surface area contributed by atoms with Crippen molar-refractivity contribution in [2.24, 2.45) is 0 Å². The summed E-state index contributed by atoms with van der Waals surface area (Å²) in [4.78, 5) is 17.7. The molecule has 0 aromatic heterocycles. The average molecular weight is 371 g/mol. The SMILES string of the molecule is CON(Cc1ccccc1)C(=O)C1CN1S(=O)(=O)CC[Si](C)(C)C. The fraction of sp³-hybridized carbons (Fsp3) is 0.562. The van der Waals surface area contributed by atoms with Crippen LogP contribution in [0.3, 0.4) is 0 Å². The van der Waals surface area contributed by atoms with Gasteiger partial charge in [0.2, 0.25) is 10.0 Å². The van der Waals surface area contributed by atoms with Gasteiger partial charge in [0.1, 0.15) is 6.04 Å². The van der Waals surface area contributed by atoms with Gasteiger partial charge in [0.05, 0.1) is 19.4 Å². The van der Waals surface area contributed by atoms with Crippen molar-refractivity contribution in [2.45, 2.75) is 38.3 Å². The zero-order valence-corrected chi connectivity index (χ0v) is 16.5. The number of benzene rings is 1. The molecule has 24 heavy (non-hydrogen) atoms. The summed E-state index contributed by atoms with van der Waals surface area (Å²) < 4.78 is 26.0. The summed E-state index contributed by atoms with van der Waals surface area (Å²) in [6.45, 7) is 6.97. The summed E-state index contributed by atoms with van der Waals surface area (Å²) in [7, 11) is -3.38. The Morgan fingerprint density at radius 1 is 1.29 bits per heavy atom. The molecule has 2 unspecified atom stereocenters. The first kappa shape index (κ1) is 19.1. The van der Waals surface area contributed by atoms with Gasteiger partial charge < -0.3 is 0 Å². The van der Waals surface area contributed by atoms with Gasteiger partial charge in [-0.1, -0.05) is 50.0 Å². The van der Waals surface area contributed by atoms with Gasteiger partial charge in [-0.25, -0.2) is 13.5 Å². The van der Waals surface area contributed by atoms with Crippen molar-refractivity contribution in [1.82, 2.24) is 9.37 Å². The second kappa shape index (κ2) is 7.34. The first-order chi connectivity index (χ1) is 11.1. The molecule has 0 saturated carbocycles. The molecule has 0 bridgehead atoms. The minimum absolute atomic E-state index is 0.123. The monoisotopic (exact) mass is 370 g/mol. The van der Waals surface area contributed by atoms with E-state index in [0.29, 0.717) is 12.6 Å². The van der Waals surface area contributed by atoms with Gasteiger partial charge in [0, 0.05) is 14.6 Å². The molecule has 1 aromatic carbocycles. The molecule has 0 aliphatic carbocycles. The van der Waals surface area contributed by atoms with Crippen LogP contribution in [0.15, 0.2) is 30.3 Å². The highest BCUT2D eigenvalue weighted by Crippen LogP contribution is 2.27. The topological polar surface area (TPSA) is 66.7 Å². The molecule has 8 heteroatoms. The maximum absolute atomic E-state index is 12.5. The zero-order chi connectivity index (χ0) is 18.0. The molecule has 1 saturated heterocycles. The fourth-order valence-corrected chi connectivity index (χ4v) is 6.89. The highest BCUT2D eigenvalue weighted by molar-refractivity contribution is 7.89. The summed E-state index contributed by atoms with van der Waals surface area (Å²) in [5.41, 5.74) is 0.932. The Morgan fingerprint density at radius 2 is 1.92 bits per heavy atom. The molecule has 0 radical (unpaired) electrons. The van der Waals surface area contributed by atoms with E-state index in [9.17, 15) is 13.2 Å². The molecule has 1 heterocycles. The third-order valence-electron chi connectivity index (χ3n) is 3.95. The number of nitrogens with zero attached hydrogens (tertiary/aromatic N) is 2. The zero-order valence-electron chi connectivity index (χ0n) is 14.7. The van der Waals surface area contributed by atoms with Crippen molar-refractivity contribution in [3.8, 4) is 0 Å². The molecule has 1 aliphatic heterocycles. The molecule has 0 spiro atoms. The van der Waals surface area contributed by atoms with Gasteiger partial charge in [-0.05, 0) is 11.6 Å². The lowest BCUT2D eigenvalue weighted by atomic mass is 10.2. The smallest absolute Gasteiger partial charge is 0.266 e. The lowest BCUT2D eigenvalue weighted by molar-refractivity contribution is -0.179. The number of carbonyl (C=O) groups is 1. The van der Waals surface area contributed by atoms with Crippen LogP contribution in [0.4, 0.5) is 0 Å². The maximum Gasteiger partial charge on any atom is 0.266 e. The first-order valence-electron chi connectivity index (χ1n) is 8.03. The van der Waals surface area contributed by atoms with Gasteiger partial charge in [0.15, 0.2) is 0 Å². The van der Waals surface area contributed by atoms with Crippen LogP contribution in [0.5, 0.6) is 0 Å². The molecule has 1 amide bonds. The van der Waals surface area contributed by atoms with Crippen LogP contribution >= 0.6 is 0 Å².